The first-order valence-electron chi connectivity index (χ1n) is 11.6. The average molecular weight is 531 g/mol. The lowest BCUT2D eigenvalue weighted by molar-refractivity contribution is -0.384. The van der Waals surface area contributed by atoms with Crippen molar-refractivity contribution < 1.29 is 38.7 Å². The number of aromatic carboxylic acids is 1. The number of barbiturate groups is 1. The number of carbonyl (C=O) groups excluding carboxylic acids is 3. The quantitative estimate of drug-likeness (QED) is 0.180. The topological polar surface area (TPSA) is 165 Å². The van der Waals surface area contributed by atoms with Crippen molar-refractivity contribution in [2.75, 3.05) is 11.5 Å². The van der Waals surface area contributed by atoms with E-state index in [0.29, 0.717) is 29.2 Å². The Bertz CT molecular complexity index is 1500. The van der Waals surface area contributed by atoms with Gasteiger partial charge in [0.25, 0.3) is 17.5 Å². The normalized spacial score (nSPS) is 14.2. The van der Waals surface area contributed by atoms with E-state index in [9.17, 15) is 29.3 Å². The number of rotatable bonds is 9. The molecule has 0 atom stereocenters. The summed E-state index contributed by atoms with van der Waals surface area (Å²) >= 11 is 0. The van der Waals surface area contributed by atoms with Crippen molar-refractivity contribution in [2.24, 2.45) is 0 Å². The first-order chi connectivity index (χ1) is 18.7. The number of imide groups is 2. The van der Waals surface area contributed by atoms with E-state index in [2.05, 4.69) is 5.32 Å². The molecule has 3 aromatic carbocycles. The van der Waals surface area contributed by atoms with Crippen molar-refractivity contribution in [3.63, 3.8) is 0 Å². The molecule has 1 saturated heterocycles. The number of hydrogen-bond donors (Lipinski definition) is 2. The van der Waals surface area contributed by atoms with Crippen LogP contribution < -0.4 is 19.7 Å². The number of amides is 4. The number of nitro groups is 1. The van der Waals surface area contributed by atoms with Gasteiger partial charge >= 0.3 is 12.0 Å². The van der Waals surface area contributed by atoms with Gasteiger partial charge in [-0.2, -0.15) is 0 Å². The maximum atomic E-state index is 13.1. The van der Waals surface area contributed by atoms with Crippen molar-refractivity contribution in [2.45, 2.75) is 13.5 Å². The molecule has 0 saturated carbocycles. The fraction of sp³-hybridized carbons (Fsp3) is 0.111. The van der Waals surface area contributed by atoms with Crippen LogP contribution in [0.25, 0.3) is 6.08 Å². The van der Waals surface area contributed by atoms with Gasteiger partial charge in [-0.15, -0.1) is 0 Å². The Morgan fingerprint density at radius 2 is 1.69 bits per heavy atom. The van der Waals surface area contributed by atoms with E-state index in [1.165, 1.54) is 42.5 Å². The zero-order chi connectivity index (χ0) is 28.1. The van der Waals surface area contributed by atoms with Gasteiger partial charge in [0.1, 0.15) is 12.2 Å². The largest absolute Gasteiger partial charge is 0.490 e. The Morgan fingerprint density at radius 1 is 1.00 bits per heavy atom. The maximum absolute atomic E-state index is 13.1. The number of benzene rings is 3. The summed E-state index contributed by atoms with van der Waals surface area (Å²) in [6, 6.07) is 14.7. The number of urea groups is 1. The number of non-ortho nitro benzene ring substituents is 1. The van der Waals surface area contributed by atoms with Crippen molar-refractivity contribution in [1.82, 2.24) is 5.32 Å². The van der Waals surface area contributed by atoms with Gasteiger partial charge in [0.15, 0.2) is 11.5 Å². The average Bonchev–Trinajstić information content (AvgIpc) is 2.91. The molecule has 0 bridgehead atoms. The summed E-state index contributed by atoms with van der Waals surface area (Å²) in [4.78, 5) is 60.3. The number of nitrogens with zero attached hydrogens (tertiary/aromatic N) is 2. The van der Waals surface area contributed by atoms with Crippen molar-refractivity contribution >= 4 is 41.3 Å². The van der Waals surface area contributed by atoms with Crippen LogP contribution in [0.2, 0.25) is 0 Å². The van der Waals surface area contributed by atoms with Gasteiger partial charge < -0.3 is 14.6 Å². The van der Waals surface area contributed by atoms with E-state index in [-0.39, 0.29) is 29.1 Å². The standard InChI is InChI=1S/C27H21N3O9/c1-2-38-23-14-17(5-12-22(23)39-15-16-3-8-20(9-4-16)30(36)37)13-21-24(31)28-27(35)29(25(21)32)19-10-6-18(7-11-19)26(33)34/h3-14H,2,15H2,1H3,(H,33,34)(H,28,31,35)/b21-13+. The number of carbonyl (C=O) groups is 4. The molecule has 0 aliphatic carbocycles. The molecular weight excluding hydrogens is 510 g/mol. The Balaban J connectivity index is 1.57. The molecule has 0 radical (unpaired) electrons. The number of carboxylic acid groups (broad SMARTS) is 1. The molecule has 3 aromatic rings. The molecule has 12 nitrogen and oxygen atoms in total. The summed E-state index contributed by atoms with van der Waals surface area (Å²) in [5.74, 6) is -2.25. The van der Waals surface area contributed by atoms with Crippen LogP contribution in [0.5, 0.6) is 11.5 Å². The van der Waals surface area contributed by atoms with Crippen molar-refractivity contribution in [3.8, 4) is 11.5 Å². The predicted molar refractivity (Wildman–Crippen MR) is 137 cm³/mol. The molecule has 198 valence electrons. The van der Waals surface area contributed by atoms with Crippen molar-refractivity contribution in [3.05, 3.63) is 99.1 Å². The summed E-state index contributed by atoms with van der Waals surface area (Å²) in [5, 5.41) is 22.0. The predicted octanol–water partition coefficient (Wildman–Crippen LogP) is 3.94. The molecule has 39 heavy (non-hydrogen) atoms. The molecule has 0 unspecified atom stereocenters. The minimum absolute atomic E-state index is 0.0326. The molecule has 0 aromatic heterocycles. The lowest BCUT2D eigenvalue weighted by atomic mass is 10.1. The summed E-state index contributed by atoms with van der Waals surface area (Å²) < 4.78 is 11.5. The Labute approximate surface area is 221 Å². The van der Waals surface area contributed by atoms with Gasteiger partial charge in [-0.05, 0) is 72.7 Å². The van der Waals surface area contributed by atoms with Crippen LogP contribution in [0.1, 0.15) is 28.4 Å². The second-order valence-electron chi connectivity index (χ2n) is 8.16. The minimum Gasteiger partial charge on any atom is -0.490 e. The molecule has 1 aliphatic heterocycles. The lowest BCUT2D eigenvalue weighted by Crippen LogP contribution is -2.54. The van der Waals surface area contributed by atoms with E-state index in [0.717, 1.165) is 4.90 Å². The molecule has 12 heteroatoms. The van der Waals surface area contributed by atoms with Gasteiger partial charge in [-0.1, -0.05) is 6.07 Å². The second kappa shape index (κ2) is 11.3. The van der Waals surface area contributed by atoms with Crippen LogP contribution in [0.15, 0.2) is 72.3 Å². The monoisotopic (exact) mass is 531 g/mol. The highest BCUT2D eigenvalue weighted by molar-refractivity contribution is 6.39. The highest BCUT2D eigenvalue weighted by Gasteiger charge is 2.36. The van der Waals surface area contributed by atoms with E-state index in [4.69, 9.17) is 14.6 Å². The van der Waals surface area contributed by atoms with Crippen LogP contribution in [0.4, 0.5) is 16.2 Å². The first-order valence-corrected chi connectivity index (χ1v) is 11.6. The summed E-state index contributed by atoms with van der Waals surface area (Å²) in [6.07, 6.45) is 1.30. The maximum Gasteiger partial charge on any atom is 0.335 e. The third-order valence-corrected chi connectivity index (χ3v) is 5.59. The molecule has 1 heterocycles. The molecule has 1 aliphatic rings. The first kappa shape index (κ1) is 26.5. The summed E-state index contributed by atoms with van der Waals surface area (Å²) in [5.41, 5.74) is 0.805. The van der Waals surface area contributed by atoms with E-state index in [1.54, 1.807) is 37.3 Å². The van der Waals surface area contributed by atoms with Crippen LogP contribution in [0, 0.1) is 10.1 Å². The van der Waals surface area contributed by atoms with Crippen LogP contribution >= 0.6 is 0 Å². The number of carboxylic acids is 1. The van der Waals surface area contributed by atoms with Gasteiger partial charge in [-0.3, -0.25) is 25.0 Å². The Kier molecular flexibility index (Phi) is 7.66. The van der Waals surface area contributed by atoms with Gasteiger partial charge in [0.05, 0.1) is 22.8 Å². The number of nitro benzene ring substituents is 1. The summed E-state index contributed by atoms with van der Waals surface area (Å²) in [6.45, 7) is 2.17. The highest BCUT2D eigenvalue weighted by atomic mass is 16.6. The molecule has 2 N–H and O–H groups in total. The number of hydrogen-bond acceptors (Lipinski definition) is 8. The molecule has 4 amide bonds. The third kappa shape index (κ3) is 5.91. The SMILES string of the molecule is CCOc1cc(/C=C2\C(=O)NC(=O)N(c3ccc(C(=O)O)cc3)C2=O)ccc1OCc1ccc([N+](=O)[O-])cc1. The van der Waals surface area contributed by atoms with Crippen molar-refractivity contribution in [1.29, 1.82) is 0 Å². The number of anilines is 1. The Morgan fingerprint density at radius 3 is 2.31 bits per heavy atom. The molecular formula is C27H21N3O9. The lowest BCUT2D eigenvalue weighted by Gasteiger charge is -2.26. The van der Waals surface area contributed by atoms with E-state index >= 15 is 0 Å². The van der Waals surface area contributed by atoms with Gasteiger partial charge in [0, 0.05) is 12.1 Å². The Hall–Kier alpha value is -5.52. The van der Waals surface area contributed by atoms with Crippen LogP contribution in [-0.2, 0) is 16.2 Å². The fourth-order valence-electron chi connectivity index (χ4n) is 3.69. The van der Waals surface area contributed by atoms with E-state index < -0.39 is 28.7 Å². The summed E-state index contributed by atoms with van der Waals surface area (Å²) in [7, 11) is 0. The highest BCUT2D eigenvalue weighted by Crippen LogP contribution is 2.31. The van der Waals surface area contributed by atoms with E-state index in [1.807, 2.05) is 0 Å². The molecule has 0 spiro atoms. The van der Waals surface area contributed by atoms with Crippen LogP contribution in [-0.4, -0.2) is 40.5 Å². The molecule has 4 rings (SSSR count). The molecule has 1 fully saturated rings. The smallest absolute Gasteiger partial charge is 0.335 e. The zero-order valence-corrected chi connectivity index (χ0v) is 20.5. The van der Waals surface area contributed by atoms with Crippen LogP contribution in [0.3, 0.4) is 0 Å². The van der Waals surface area contributed by atoms with Gasteiger partial charge in [0.2, 0.25) is 0 Å². The zero-order valence-electron chi connectivity index (χ0n) is 20.5. The second-order valence-corrected chi connectivity index (χ2v) is 8.16. The number of nitrogens with one attached hydrogen (secondary N) is 1. The minimum atomic E-state index is -1.17. The van der Waals surface area contributed by atoms with Gasteiger partial charge in [-0.25, -0.2) is 14.5 Å². The number of ether oxygens (including phenoxy) is 2. The fourth-order valence-corrected chi connectivity index (χ4v) is 3.69. The third-order valence-electron chi connectivity index (χ3n) is 5.59.